The van der Waals surface area contributed by atoms with Crippen LogP contribution in [0.3, 0.4) is 0 Å². The van der Waals surface area contributed by atoms with Crippen LogP contribution >= 0.6 is 15.9 Å². The molecule has 106 valence electrons. The Morgan fingerprint density at radius 3 is 2.29 bits per heavy atom. The van der Waals surface area contributed by atoms with E-state index in [0.29, 0.717) is 16.6 Å². The Morgan fingerprint density at radius 1 is 0.905 bits per heavy atom. The van der Waals surface area contributed by atoms with Crippen LogP contribution in [-0.2, 0) is 0 Å². The second-order valence-corrected chi connectivity index (χ2v) is 5.59. The number of nitrogens with one attached hydrogen (secondary N) is 2. The van der Waals surface area contributed by atoms with E-state index in [1.54, 1.807) is 18.2 Å². The molecule has 2 aromatic carbocycles. The molecule has 3 aromatic rings. The fourth-order valence-electron chi connectivity index (χ4n) is 2.17. The lowest BCUT2D eigenvalue weighted by Gasteiger charge is -2.12. The van der Waals surface area contributed by atoms with Crippen LogP contribution in [0.4, 0.5) is 0 Å². The van der Waals surface area contributed by atoms with Crippen molar-refractivity contribution in [1.29, 1.82) is 0 Å². The molecule has 0 fully saturated rings. The number of hydrogen-bond acceptors (Lipinski definition) is 3. The summed E-state index contributed by atoms with van der Waals surface area (Å²) in [6.45, 7) is 0. The average Bonchev–Trinajstić information content (AvgIpc) is 2.47. The maximum Gasteiger partial charge on any atom is 0.314 e. The van der Waals surface area contributed by atoms with Gasteiger partial charge in [0, 0.05) is 4.47 Å². The van der Waals surface area contributed by atoms with Crippen LogP contribution < -0.4 is 11.1 Å². The summed E-state index contributed by atoms with van der Waals surface area (Å²) in [5, 5.41) is 10.4. The van der Waals surface area contributed by atoms with Gasteiger partial charge in [0.15, 0.2) is 0 Å². The quantitative estimate of drug-likeness (QED) is 0.621. The molecule has 0 radical (unpaired) electrons. The van der Waals surface area contributed by atoms with Crippen LogP contribution in [0.2, 0.25) is 0 Å². The van der Waals surface area contributed by atoms with Crippen LogP contribution in [0, 0.1) is 0 Å². The second-order valence-electron chi connectivity index (χ2n) is 4.67. The molecule has 0 aliphatic carbocycles. The van der Waals surface area contributed by atoms with Crippen LogP contribution in [0.1, 0.15) is 17.2 Å². The Balaban J connectivity index is 2.10. The van der Waals surface area contributed by atoms with E-state index < -0.39 is 17.2 Å². The number of aromatic nitrogens is 2. The third-order valence-electron chi connectivity index (χ3n) is 3.23. The molecular formula is C15H11BrN2O3. The largest absolute Gasteiger partial charge is 0.384 e. The summed E-state index contributed by atoms with van der Waals surface area (Å²) in [6, 6.07) is 12.4. The minimum atomic E-state index is -0.817. The number of H-pyrrole nitrogens is 2. The van der Waals surface area contributed by atoms with Gasteiger partial charge in [-0.3, -0.25) is 9.59 Å². The van der Waals surface area contributed by atoms with Gasteiger partial charge in [0.05, 0.1) is 11.0 Å². The van der Waals surface area contributed by atoms with Gasteiger partial charge in [-0.05, 0) is 35.4 Å². The molecular weight excluding hydrogens is 336 g/mol. The predicted octanol–water partition coefficient (Wildman–Crippen LogP) is 2.06. The molecule has 5 nitrogen and oxygen atoms in total. The molecule has 0 amide bonds. The lowest BCUT2D eigenvalue weighted by atomic mass is 10.0. The summed E-state index contributed by atoms with van der Waals surface area (Å²) in [5.41, 5.74) is 0.953. The van der Waals surface area contributed by atoms with Crippen LogP contribution in [-0.4, -0.2) is 15.1 Å². The van der Waals surface area contributed by atoms with Crippen LogP contribution in [0.5, 0.6) is 0 Å². The third kappa shape index (κ3) is 2.68. The molecule has 0 saturated carbocycles. The molecule has 0 aliphatic heterocycles. The average molecular weight is 347 g/mol. The molecule has 3 rings (SSSR count). The van der Waals surface area contributed by atoms with E-state index in [1.807, 2.05) is 24.3 Å². The maximum atomic E-state index is 11.4. The summed E-state index contributed by atoms with van der Waals surface area (Å²) in [4.78, 5) is 27.6. The van der Waals surface area contributed by atoms with Crippen molar-refractivity contribution in [2.75, 3.05) is 0 Å². The van der Waals surface area contributed by atoms with Crippen molar-refractivity contribution in [2.45, 2.75) is 6.10 Å². The SMILES string of the molecule is O=c1[nH]c2ccc(C(O)c3cccc(Br)c3)cc2[nH]c1=O. The highest BCUT2D eigenvalue weighted by Gasteiger charge is 2.12. The molecule has 0 aliphatic rings. The maximum absolute atomic E-state index is 11.4. The zero-order chi connectivity index (χ0) is 15.0. The number of hydrogen-bond donors (Lipinski definition) is 3. The Hall–Kier alpha value is -2.18. The van der Waals surface area contributed by atoms with Crippen molar-refractivity contribution in [1.82, 2.24) is 9.97 Å². The molecule has 3 N–H and O–H groups in total. The number of fused-ring (bicyclic) bond motifs is 1. The van der Waals surface area contributed by atoms with Gasteiger partial charge in [-0.15, -0.1) is 0 Å². The topological polar surface area (TPSA) is 85.9 Å². The molecule has 1 atom stereocenters. The van der Waals surface area contributed by atoms with E-state index in [0.717, 1.165) is 10.0 Å². The molecule has 6 heteroatoms. The summed E-state index contributed by atoms with van der Waals surface area (Å²) in [6.07, 6.45) is -0.817. The molecule has 1 aromatic heterocycles. The summed E-state index contributed by atoms with van der Waals surface area (Å²) in [5.74, 6) is 0. The number of halogens is 1. The van der Waals surface area contributed by atoms with Crippen LogP contribution in [0.15, 0.2) is 56.5 Å². The van der Waals surface area contributed by atoms with E-state index in [-0.39, 0.29) is 0 Å². The van der Waals surface area contributed by atoms with Crippen molar-refractivity contribution < 1.29 is 5.11 Å². The highest BCUT2D eigenvalue weighted by Crippen LogP contribution is 2.25. The van der Waals surface area contributed by atoms with Gasteiger partial charge in [-0.1, -0.05) is 34.1 Å². The number of rotatable bonds is 2. The lowest BCUT2D eigenvalue weighted by Crippen LogP contribution is -2.28. The number of benzene rings is 2. The summed E-state index contributed by atoms with van der Waals surface area (Å²) in [7, 11) is 0. The van der Waals surface area contributed by atoms with Crippen molar-refractivity contribution in [3.8, 4) is 0 Å². The molecule has 0 spiro atoms. The van der Waals surface area contributed by atoms with Gasteiger partial charge in [-0.25, -0.2) is 0 Å². The molecule has 21 heavy (non-hydrogen) atoms. The van der Waals surface area contributed by atoms with Crippen molar-refractivity contribution in [3.63, 3.8) is 0 Å². The first-order chi connectivity index (χ1) is 10.0. The molecule has 0 bridgehead atoms. The smallest absolute Gasteiger partial charge is 0.314 e. The number of aliphatic hydroxyl groups excluding tert-OH is 1. The predicted molar refractivity (Wildman–Crippen MR) is 83.4 cm³/mol. The molecule has 1 unspecified atom stereocenters. The first-order valence-electron chi connectivity index (χ1n) is 6.24. The highest BCUT2D eigenvalue weighted by molar-refractivity contribution is 9.10. The molecule has 0 saturated heterocycles. The minimum absolute atomic E-state index is 0.478. The van der Waals surface area contributed by atoms with Crippen molar-refractivity contribution >= 4 is 27.0 Å². The fraction of sp³-hybridized carbons (Fsp3) is 0.0667. The van der Waals surface area contributed by atoms with Crippen molar-refractivity contribution in [2.24, 2.45) is 0 Å². The van der Waals surface area contributed by atoms with Crippen LogP contribution in [0.25, 0.3) is 11.0 Å². The Bertz CT molecular complexity index is 930. The second kappa shape index (κ2) is 5.31. The van der Waals surface area contributed by atoms with Gasteiger partial charge >= 0.3 is 11.1 Å². The normalized spacial score (nSPS) is 12.5. The van der Waals surface area contributed by atoms with E-state index in [9.17, 15) is 14.7 Å². The number of aliphatic hydroxyl groups is 1. The summed E-state index contributed by atoms with van der Waals surface area (Å²) >= 11 is 3.36. The Morgan fingerprint density at radius 2 is 1.57 bits per heavy atom. The zero-order valence-electron chi connectivity index (χ0n) is 10.8. The standard InChI is InChI=1S/C15H11BrN2O3/c16-10-3-1-2-8(6-10)13(19)9-4-5-11-12(7-9)18-15(21)14(20)17-11/h1-7,13,19H,(H,17,20)(H,18,21). The van der Waals surface area contributed by atoms with E-state index in [1.165, 1.54) is 0 Å². The lowest BCUT2D eigenvalue weighted by molar-refractivity contribution is 0.220. The van der Waals surface area contributed by atoms with E-state index >= 15 is 0 Å². The monoisotopic (exact) mass is 346 g/mol. The number of aromatic amines is 2. The van der Waals surface area contributed by atoms with E-state index in [4.69, 9.17) is 0 Å². The third-order valence-corrected chi connectivity index (χ3v) is 3.72. The van der Waals surface area contributed by atoms with Gasteiger partial charge in [0.1, 0.15) is 6.10 Å². The first kappa shape index (κ1) is 13.8. The van der Waals surface area contributed by atoms with Gasteiger partial charge in [0.2, 0.25) is 0 Å². The fourth-order valence-corrected chi connectivity index (χ4v) is 2.59. The van der Waals surface area contributed by atoms with E-state index in [2.05, 4.69) is 25.9 Å². The Labute approximate surface area is 127 Å². The Kier molecular flexibility index (Phi) is 3.48. The van der Waals surface area contributed by atoms with Crippen molar-refractivity contribution in [3.05, 3.63) is 78.8 Å². The molecule has 1 heterocycles. The van der Waals surface area contributed by atoms with Gasteiger partial charge in [0.25, 0.3) is 0 Å². The highest BCUT2D eigenvalue weighted by atomic mass is 79.9. The zero-order valence-corrected chi connectivity index (χ0v) is 12.3. The van der Waals surface area contributed by atoms with Gasteiger partial charge < -0.3 is 15.1 Å². The minimum Gasteiger partial charge on any atom is -0.384 e. The summed E-state index contributed by atoms with van der Waals surface area (Å²) < 4.78 is 0.873. The van der Waals surface area contributed by atoms with Gasteiger partial charge in [-0.2, -0.15) is 0 Å². The first-order valence-corrected chi connectivity index (χ1v) is 7.04.